The lowest BCUT2D eigenvalue weighted by Crippen LogP contribution is -2.43. The molecular weight excluding hydrogens is 293 g/mol. The third-order valence-electron chi connectivity index (χ3n) is 0.553. The highest BCUT2D eigenvalue weighted by Crippen LogP contribution is 2.41. The van der Waals surface area contributed by atoms with Crippen molar-refractivity contribution in [3.63, 3.8) is 0 Å². The van der Waals surface area contributed by atoms with Crippen LogP contribution in [0.25, 0.3) is 0 Å². The van der Waals surface area contributed by atoms with Crippen LogP contribution in [0.5, 0.6) is 0 Å². The summed E-state index contributed by atoms with van der Waals surface area (Å²) in [5.74, 6) is 0. The van der Waals surface area contributed by atoms with E-state index in [4.69, 9.17) is 0 Å². The van der Waals surface area contributed by atoms with Gasteiger partial charge >= 0.3 is 12.2 Å². The van der Waals surface area contributed by atoms with Crippen LogP contribution in [-0.4, -0.2) is 15.2 Å². The van der Waals surface area contributed by atoms with E-state index in [1.54, 1.807) is 0 Å². The molecule has 10 heavy (non-hydrogen) atoms. The van der Waals surface area contributed by atoms with E-state index >= 15 is 0 Å². The van der Waals surface area contributed by atoms with Gasteiger partial charge in [-0.3, -0.25) is 0 Å². The van der Waals surface area contributed by atoms with Crippen molar-refractivity contribution in [2.45, 2.75) is 12.2 Å². The zero-order chi connectivity index (χ0) is 8.58. The molecule has 0 aliphatic carbocycles. The maximum atomic E-state index is 11.8. The minimum absolute atomic E-state index is 0.562. The molecular formula is C2Br2F5N. The Hall–Kier alpha value is 0.570. The second-order valence-electron chi connectivity index (χ2n) is 1.27. The zero-order valence-electron chi connectivity index (χ0n) is 4.09. The van der Waals surface area contributed by atoms with E-state index in [1.165, 1.54) is 0 Å². The lowest BCUT2D eigenvalue weighted by Gasteiger charge is -2.21. The summed E-state index contributed by atoms with van der Waals surface area (Å²) in [6.07, 6.45) is -5.58. The van der Waals surface area contributed by atoms with Crippen molar-refractivity contribution < 1.29 is 22.0 Å². The lowest BCUT2D eigenvalue weighted by molar-refractivity contribution is -0.303. The first kappa shape index (κ1) is 10.6. The van der Waals surface area contributed by atoms with Gasteiger partial charge in [-0.15, -0.1) is 2.95 Å². The van der Waals surface area contributed by atoms with Crippen molar-refractivity contribution >= 4 is 32.3 Å². The zero-order valence-corrected chi connectivity index (χ0v) is 7.26. The van der Waals surface area contributed by atoms with Gasteiger partial charge in [-0.05, 0) is 0 Å². The fourth-order valence-electron chi connectivity index (χ4n) is 0.0958. The van der Waals surface area contributed by atoms with Crippen LogP contribution in [0.1, 0.15) is 0 Å². The van der Waals surface area contributed by atoms with Crippen LogP contribution in [0.3, 0.4) is 0 Å². The molecule has 0 amide bonds. The molecule has 0 aliphatic heterocycles. The Kier molecular flexibility index (Phi) is 3.06. The maximum Gasteiger partial charge on any atom is 0.471 e. The Bertz CT molecular complexity index is 119. The average molecular weight is 293 g/mol. The number of rotatable bonds is 1. The number of hydrogen-bond donors (Lipinski definition) is 0. The summed E-state index contributed by atoms with van der Waals surface area (Å²) in [4.78, 5) is 0. The predicted molar refractivity (Wildman–Crippen MR) is 30.7 cm³/mol. The van der Waals surface area contributed by atoms with E-state index < -0.39 is 15.2 Å². The quantitative estimate of drug-likeness (QED) is 0.408. The van der Waals surface area contributed by atoms with Gasteiger partial charge in [0.15, 0.2) is 0 Å². The van der Waals surface area contributed by atoms with Gasteiger partial charge in [0, 0.05) is 32.3 Å². The molecule has 0 aromatic heterocycles. The second-order valence-corrected chi connectivity index (χ2v) is 3.64. The molecule has 0 N–H and O–H groups in total. The van der Waals surface area contributed by atoms with E-state index in [1.807, 2.05) is 32.3 Å². The van der Waals surface area contributed by atoms with Gasteiger partial charge in [0.25, 0.3) is 0 Å². The van der Waals surface area contributed by atoms with E-state index in [0.29, 0.717) is 0 Å². The van der Waals surface area contributed by atoms with E-state index in [2.05, 4.69) is 0 Å². The second kappa shape index (κ2) is 2.90. The van der Waals surface area contributed by atoms with Crippen molar-refractivity contribution in [2.75, 3.05) is 0 Å². The first-order chi connectivity index (χ1) is 4.19. The Morgan fingerprint density at radius 3 is 1.20 bits per heavy atom. The van der Waals surface area contributed by atoms with Crippen LogP contribution >= 0.6 is 32.3 Å². The first-order valence-corrected chi connectivity index (χ1v) is 3.18. The Morgan fingerprint density at radius 2 is 1.20 bits per heavy atom. The number of nitrogens with zero attached hydrogens (tertiary/aromatic N) is 1. The van der Waals surface area contributed by atoms with E-state index in [9.17, 15) is 22.0 Å². The van der Waals surface area contributed by atoms with Gasteiger partial charge in [-0.25, -0.2) is 0 Å². The Morgan fingerprint density at radius 1 is 0.900 bits per heavy atom. The summed E-state index contributed by atoms with van der Waals surface area (Å²) in [5.41, 5.74) is 0. The largest absolute Gasteiger partial charge is 0.471 e. The minimum atomic E-state index is -5.58. The molecule has 62 valence electrons. The van der Waals surface area contributed by atoms with Gasteiger partial charge in [0.05, 0.1) is 0 Å². The van der Waals surface area contributed by atoms with Crippen LogP contribution in [-0.2, 0) is 0 Å². The topological polar surface area (TPSA) is 3.24 Å². The maximum absolute atomic E-state index is 11.8. The van der Waals surface area contributed by atoms with Gasteiger partial charge in [-0.2, -0.15) is 22.0 Å². The van der Waals surface area contributed by atoms with E-state index in [-0.39, 0.29) is 0 Å². The van der Waals surface area contributed by atoms with Crippen LogP contribution in [0, 0.1) is 0 Å². The van der Waals surface area contributed by atoms with Crippen molar-refractivity contribution in [1.82, 2.24) is 2.95 Å². The molecule has 0 spiro atoms. The molecule has 0 aromatic carbocycles. The number of halogens is 7. The standard InChI is InChI=1S/C2Br2F5N/c3-10(4)2(8,9)1(5,6)7. The molecule has 0 saturated heterocycles. The Balaban J connectivity index is 4.40. The molecule has 0 heterocycles. The first-order valence-electron chi connectivity index (χ1n) is 1.76. The lowest BCUT2D eigenvalue weighted by atomic mass is 10.6. The molecule has 8 heteroatoms. The van der Waals surface area contributed by atoms with Crippen molar-refractivity contribution in [3.05, 3.63) is 0 Å². The molecule has 1 nitrogen and oxygen atoms in total. The summed E-state index contributed by atoms with van der Waals surface area (Å²) in [5, 5.41) is 0. The molecule has 0 fully saturated rings. The van der Waals surface area contributed by atoms with Crippen LogP contribution < -0.4 is 0 Å². The summed E-state index contributed by atoms with van der Waals surface area (Å²) in [7, 11) is 0. The monoisotopic (exact) mass is 291 g/mol. The van der Waals surface area contributed by atoms with Gasteiger partial charge < -0.3 is 0 Å². The molecule has 0 aromatic rings. The summed E-state index contributed by atoms with van der Waals surface area (Å²) in [6.45, 7) is 0. The summed E-state index contributed by atoms with van der Waals surface area (Å²) >= 11 is 3.82. The number of hydrogen-bond acceptors (Lipinski definition) is 1. The van der Waals surface area contributed by atoms with Gasteiger partial charge in [0.2, 0.25) is 0 Å². The SMILES string of the molecule is FC(F)(F)C(F)(F)N(Br)Br. The molecule has 0 saturated carbocycles. The van der Waals surface area contributed by atoms with Crippen molar-refractivity contribution in [3.8, 4) is 0 Å². The molecule has 0 radical (unpaired) electrons. The van der Waals surface area contributed by atoms with Crippen molar-refractivity contribution in [1.29, 1.82) is 0 Å². The minimum Gasteiger partial charge on any atom is -0.176 e. The van der Waals surface area contributed by atoms with E-state index in [0.717, 1.165) is 0 Å². The van der Waals surface area contributed by atoms with Crippen LogP contribution in [0.2, 0.25) is 0 Å². The average Bonchev–Trinajstić information content (AvgIpc) is 1.62. The molecule has 0 bridgehead atoms. The highest BCUT2D eigenvalue weighted by atomic mass is 79.9. The highest BCUT2D eigenvalue weighted by molar-refractivity contribution is 9.21. The normalized spacial score (nSPS) is 14.4. The number of alkyl halides is 5. The van der Waals surface area contributed by atoms with Crippen LogP contribution in [0.4, 0.5) is 22.0 Å². The van der Waals surface area contributed by atoms with Crippen LogP contribution in [0.15, 0.2) is 0 Å². The van der Waals surface area contributed by atoms with Gasteiger partial charge in [-0.1, -0.05) is 0 Å². The molecule has 0 atom stereocenters. The smallest absolute Gasteiger partial charge is 0.176 e. The molecule has 0 unspecified atom stereocenters. The molecule has 0 aliphatic rings. The third kappa shape index (κ3) is 2.03. The van der Waals surface area contributed by atoms with Gasteiger partial charge in [0.1, 0.15) is 0 Å². The summed E-state index contributed by atoms with van der Waals surface area (Å²) in [6, 6.07) is -4.90. The summed E-state index contributed by atoms with van der Waals surface area (Å²) < 4.78 is 56.7. The third-order valence-corrected chi connectivity index (χ3v) is 1.44. The highest BCUT2D eigenvalue weighted by Gasteiger charge is 2.61. The van der Waals surface area contributed by atoms with Crippen molar-refractivity contribution in [2.24, 2.45) is 0 Å². The Labute approximate surface area is 69.8 Å². The predicted octanol–water partition coefficient (Wildman–Crippen LogP) is 3.06. The molecule has 0 rings (SSSR count). The fourth-order valence-corrected chi connectivity index (χ4v) is 0.498. The fraction of sp³-hybridized carbons (Fsp3) is 1.00.